The molecule has 0 heterocycles. The maximum Gasteiger partial charge on any atom is 0.253 e. The Hall–Kier alpha value is 0.0400. The van der Waals surface area contributed by atoms with E-state index < -0.39 is 9.96 Å². The topological polar surface area (TPSA) is 41.1 Å². The second-order valence-corrected chi connectivity index (χ2v) is 9.47. The summed E-state index contributed by atoms with van der Waals surface area (Å²) in [5.74, 6) is -0.321. The van der Waals surface area contributed by atoms with Crippen molar-refractivity contribution in [3.05, 3.63) is 61.2 Å². The molecule has 0 unspecified atom stereocenters. The molecule has 8 heteroatoms. The van der Waals surface area contributed by atoms with Crippen molar-refractivity contribution in [2.24, 2.45) is 0 Å². The molecule has 0 saturated heterocycles. The van der Waals surface area contributed by atoms with Crippen molar-refractivity contribution in [1.29, 1.82) is 0 Å². The molecule has 0 saturated carbocycles. The summed E-state index contributed by atoms with van der Waals surface area (Å²) in [4.78, 5) is 12.4. The van der Waals surface area contributed by atoms with Gasteiger partial charge in [-0.1, -0.05) is 40.9 Å². The number of hydrogen-bond acceptors (Lipinski definition) is 2. The van der Waals surface area contributed by atoms with Gasteiger partial charge in [-0.15, -0.1) is 0 Å². The van der Waals surface area contributed by atoms with Gasteiger partial charge in [0, 0.05) is 18.4 Å². The summed E-state index contributed by atoms with van der Waals surface area (Å²) < 4.78 is 0.327. The molecule has 3 nitrogen and oxygen atoms in total. The molecule has 0 aliphatic carbocycles. The van der Waals surface area contributed by atoms with Crippen molar-refractivity contribution in [2.75, 3.05) is 5.32 Å². The van der Waals surface area contributed by atoms with Crippen LogP contribution in [0.1, 0.15) is 10.4 Å². The second-order valence-electron chi connectivity index (χ2n) is 4.61. The molecule has 2 aromatic rings. The van der Waals surface area contributed by atoms with Crippen molar-refractivity contribution in [3.8, 4) is 0 Å². The molecule has 0 bridgehead atoms. The van der Waals surface area contributed by atoms with Crippen LogP contribution in [0.3, 0.4) is 0 Å². The maximum atomic E-state index is 12.4. The fourth-order valence-electron chi connectivity index (χ4n) is 1.76. The number of rotatable bonds is 4. The van der Waals surface area contributed by atoms with Crippen molar-refractivity contribution in [1.82, 2.24) is 5.32 Å². The molecule has 0 aliphatic rings. The summed E-state index contributed by atoms with van der Waals surface area (Å²) in [6.07, 6.45) is -0.877. The van der Waals surface area contributed by atoms with Crippen LogP contribution in [0.2, 0.25) is 0 Å². The summed E-state index contributed by atoms with van der Waals surface area (Å²) in [6, 6.07) is 14.7. The SMILES string of the molecule is O=C(N[C@H](Nc1ccc(I)cc1)C(Cl)(Cl)Cl)c1cccc(I)c1. The predicted octanol–water partition coefficient (Wildman–Crippen LogP) is 5.43. The van der Waals surface area contributed by atoms with Crippen molar-refractivity contribution < 1.29 is 4.79 Å². The van der Waals surface area contributed by atoms with Gasteiger partial charge in [-0.3, -0.25) is 4.79 Å². The third-order valence-electron chi connectivity index (χ3n) is 2.84. The highest BCUT2D eigenvalue weighted by Gasteiger charge is 2.34. The molecule has 2 N–H and O–H groups in total. The van der Waals surface area contributed by atoms with Gasteiger partial charge in [0.05, 0.1) is 0 Å². The molecule has 2 aromatic carbocycles. The van der Waals surface area contributed by atoms with Crippen LogP contribution >= 0.6 is 80.0 Å². The molecule has 0 spiro atoms. The third-order valence-corrected chi connectivity index (χ3v) is 4.89. The standard InChI is InChI=1S/C15H11Cl3I2N2O/c16-15(17,18)14(21-12-6-4-10(19)5-7-12)22-13(23)9-2-1-3-11(20)8-9/h1-8,14,21H,(H,22,23)/t14-/m0/s1. The Kier molecular flexibility index (Phi) is 7.09. The lowest BCUT2D eigenvalue weighted by Gasteiger charge is -2.27. The van der Waals surface area contributed by atoms with E-state index in [0.717, 1.165) is 12.8 Å². The molecule has 0 aliphatic heterocycles. The number of carbonyl (C=O) groups excluding carboxylic acids is 1. The number of anilines is 1. The molecule has 23 heavy (non-hydrogen) atoms. The Balaban J connectivity index is 2.16. The average molecular weight is 595 g/mol. The van der Waals surface area contributed by atoms with Crippen LogP contribution in [0.4, 0.5) is 5.69 Å². The van der Waals surface area contributed by atoms with Gasteiger partial charge in [0.25, 0.3) is 5.91 Å². The van der Waals surface area contributed by atoms with Crippen LogP contribution in [0, 0.1) is 7.14 Å². The fourth-order valence-corrected chi connectivity index (χ4v) is 2.99. The molecule has 2 rings (SSSR count). The Bertz CT molecular complexity index is 690. The van der Waals surface area contributed by atoms with Crippen molar-refractivity contribution >= 4 is 91.6 Å². The molecule has 1 amide bonds. The highest BCUT2D eigenvalue weighted by Crippen LogP contribution is 2.31. The zero-order valence-electron chi connectivity index (χ0n) is 11.5. The first-order valence-corrected chi connectivity index (χ1v) is 9.70. The number of amides is 1. The molecule has 0 radical (unpaired) electrons. The highest BCUT2D eigenvalue weighted by molar-refractivity contribution is 14.1. The highest BCUT2D eigenvalue weighted by atomic mass is 127. The minimum atomic E-state index is -1.71. The van der Waals surface area contributed by atoms with Gasteiger partial charge in [0.2, 0.25) is 3.79 Å². The van der Waals surface area contributed by atoms with Gasteiger partial charge in [-0.25, -0.2) is 0 Å². The van der Waals surface area contributed by atoms with E-state index in [1.807, 2.05) is 30.3 Å². The maximum absolute atomic E-state index is 12.4. The van der Waals surface area contributed by atoms with Crippen LogP contribution in [0.15, 0.2) is 48.5 Å². The van der Waals surface area contributed by atoms with Gasteiger partial charge in [0.1, 0.15) is 6.17 Å². The van der Waals surface area contributed by atoms with E-state index in [0.29, 0.717) is 5.56 Å². The van der Waals surface area contributed by atoms with Gasteiger partial charge in [-0.2, -0.15) is 0 Å². The van der Waals surface area contributed by atoms with E-state index >= 15 is 0 Å². The zero-order valence-corrected chi connectivity index (χ0v) is 18.1. The monoisotopic (exact) mass is 594 g/mol. The van der Waals surface area contributed by atoms with Crippen LogP contribution in [0.5, 0.6) is 0 Å². The number of alkyl halides is 3. The number of benzene rings is 2. The smallest absolute Gasteiger partial charge is 0.253 e. The summed E-state index contributed by atoms with van der Waals surface area (Å²) in [6.45, 7) is 0. The second kappa shape index (κ2) is 8.42. The minimum Gasteiger partial charge on any atom is -0.362 e. The normalized spacial score (nSPS) is 12.6. The minimum absolute atomic E-state index is 0.321. The third kappa shape index (κ3) is 6.12. The number of nitrogens with one attached hydrogen (secondary N) is 2. The predicted molar refractivity (Wildman–Crippen MR) is 113 cm³/mol. The number of halogens is 5. The first-order valence-electron chi connectivity index (χ1n) is 6.41. The van der Waals surface area contributed by atoms with E-state index in [1.54, 1.807) is 18.2 Å². The first kappa shape index (κ1) is 19.4. The summed E-state index contributed by atoms with van der Waals surface area (Å²) in [5, 5.41) is 5.74. The van der Waals surface area contributed by atoms with E-state index in [9.17, 15) is 4.79 Å². The van der Waals surface area contributed by atoms with Gasteiger partial charge < -0.3 is 10.6 Å². The fraction of sp³-hybridized carbons (Fsp3) is 0.133. The van der Waals surface area contributed by atoms with Gasteiger partial charge in [0.15, 0.2) is 0 Å². The summed E-state index contributed by atoms with van der Waals surface area (Å²) in [7, 11) is 0. The first-order chi connectivity index (χ1) is 10.8. The van der Waals surface area contributed by atoms with E-state index in [2.05, 4.69) is 55.8 Å². The Morgan fingerprint density at radius 3 is 2.22 bits per heavy atom. The Morgan fingerprint density at radius 1 is 1.00 bits per heavy atom. The number of hydrogen-bond donors (Lipinski definition) is 2. The number of carbonyl (C=O) groups is 1. The van der Waals surface area contributed by atoms with Crippen LogP contribution < -0.4 is 10.6 Å². The molecule has 1 atom stereocenters. The Morgan fingerprint density at radius 2 is 1.65 bits per heavy atom. The van der Waals surface area contributed by atoms with E-state index in [1.165, 1.54) is 0 Å². The lowest BCUT2D eigenvalue weighted by Crippen LogP contribution is -2.49. The quantitative estimate of drug-likeness (QED) is 0.281. The summed E-state index contributed by atoms with van der Waals surface area (Å²) in [5.41, 5.74) is 1.24. The van der Waals surface area contributed by atoms with Gasteiger partial charge in [-0.05, 0) is 87.6 Å². The van der Waals surface area contributed by atoms with Crippen LogP contribution in [0.25, 0.3) is 0 Å². The van der Waals surface area contributed by atoms with Crippen molar-refractivity contribution in [2.45, 2.75) is 9.96 Å². The lowest BCUT2D eigenvalue weighted by atomic mass is 10.2. The summed E-state index contributed by atoms with van der Waals surface area (Å²) >= 11 is 22.3. The van der Waals surface area contributed by atoms with E-state index in [4.69, 9.17) is 34.8 Å². The Labute approximate surface area is 176 Å². The lowest BCUT2D eigenvalue weighted by molar-refractivity contribution is 0.0942. The molecule has 0 fully saturated rings. The zero-order chi connectivity index (χ0) is 17.0. The molecular formula is C15H11Cl3I2N2O. The molecule has 122 valence electrons. The molecular weight excluding hydrogens is 584 g/mol. The van der Waals surface area contributed by atoms with Gasteiger partial charge >= 0.3 is 0 Å². The average Bonchev–Trinajstić information content (AvgIpc) is 2.47. The molecule has 0 aromatic heterocycles. The van der Waals surface area contributed by atoms with Crippen LogP contribution in [-0.4, -0.2) is 15.9 Å². The van der Waals surface area contributed by atoms with Crippen molar-refractivity contribution in [3.63, 3.8) is 0 Å². The van der Waals surface area contributed by atoms with E-state index in [-0.39, 0.29) is 5.91 Å². The largest absolute Gasteiger partial charge is 0.362 e. The van der Waals surface area contributed by atoms with Crippen LogP contribution in [-0.2, 0) is 0 Å².